The van der Waals surface area contributed by atoms with Gasteiger partial charge in [0.2, 0.25) is 0 Å². The molecule has 1 fully saturated rings. The zero-order chi connectivity index (χ0) is 26.0. The second-order valence-corrected chi connectivity index (χ2v) is 10.1. The largest absolute Gasteiger partial charge is 0.462 e. The molecule has 0 N–H and O–H groups in total. The Labute approximate surface area is 223 Å². The van der Waals surface area contributed by atoms with Gasteiger partial charge in [-0.3, -0.25) is 0 Å². The van der Waals surface area contributed by atoms with Crippen LogP contribution in [0.4, 0.5) is 11.4 Å². The molecule has 3 aromatic rings. The van der Waals surface area contributed by atoms with Gasteiger partial charge in [0.25, 0.3) is 0 Å². The zero-order valence-corrected chi connectivity index (χ0v) is 23.1. The first-order valence-corrected chi connectivity index (χ1v) is 14.2. The van der Waals surface area contributed by atoms with Crippen LogP contribution in [0, 0.1) is 5.92 Å². The van der Waals surface area contributed by atoms with E-state index in [2.05, 4.69) is 96.2 Å². The SMILES string of the molecule is CCCN(CCC)c1ccc(-c2nnc(OCC3CC3)nc2-c2ccc(N(CCC)CCC)cc2)cc1. The van der Waals surface area contributed by atoms with Crippen LogP contribution < -0.4 is 14.5 Å². The topological polar surface area (TPSA) is 54.4 Å². The Balaban J connectivity index is 1.65. The molecule has 0 radical (unpaired) electrons. The lowest BCUT2D eigenvalue weighted by molar-refractivity contribution is 0.273. The average Bonchev–Trinajstić information content (AvgIpc) is 3.77. The van der Waals surface area contributed by atoms with Gasteiger partial charge in [-0.15, -0.1) is 5.10 Å². The number of hydrogen-bond donors (Lipinski definition) is 0. The van der Waals surface area contributed by atoms with E-state index in [-0.39, 0.29) is 0 Å². The van der Waals surface area contributed by atoms with Crippen molar-refractivity contribution in [3.63, 3.8) is 0 Å². The summed E-state index contributed by atoms with van der Waals surface area (Å²) in [5.74, 6) is 0.635. The zero-order valence-electron chi connectivity index (χ0n) is 23.1. The molecule has 0 bridgehead atoms. The fourth-order valence-electron chi connectivity index (χ4n) is 4.72. The molecule has 2 aromatic carbocycles. The predicted octanol–water partition coefficient (Wildman–Crippen LogP) is 7.25. The minimum Gasteiger partial charge on any atom is -0.462 e. The summed E-state index contributed by atoms with van der Waals surface area (Å²) in [5, 5.41) is 8.98. The molecule has 0 spiro atoms. The molecule has 1 aliphatic rings. The molecule has 1 aliphatic carbocycles. The molecule has 4 rings (SSSR count). The molecule has 0 unspecified atom stereocenters. The molecule has 6 nitrogen and oxygen atoms in total. The summed E-state index contributed by atoms with van der Waals surface area (Å²) in [5.41, 5.74) is 6.14. The van der Waals surface area contributed by atoms with Gasteiger partial charge in [-0.2, -0.15) is 4.98 Å². The van der Waals surface area contributed by atoms with Crippen molar-refractivity contribution < 1.29 is 4.74 Å². The summed E-state index contributed by atoms with van der Waals surface area (Å²) in [6, 6.07) is 17.8. The van der Waals surface area contributed by atoms with Gasteiger partial charge in [-0.05, 0) is 68.7 Å². The fourth-order valence-corrected chi connectivity index (χ4v) is 4.72. The minimum absolute atomic E-state index is 0.363. The van der Waals surface area contributed by atoms with Gasteiger partial charge in [0.1, 0.15) is 11.4 Å². The van der Waals surface area contributed by atoms with Crippen molar-refractivity contribution in [2.75, 3.05) is 42.6 Å². The summed E-state index contributed by atoms with van der Waals surface area (Å²) in [4.78, 5) is 9.76. The van der Waals surface area contributed by atoms with Gasteiger partial charge >= 0.3 is 6.01 Å². The first-order chi connectivity index (χ1) is 18.2. The Kier molecular flexibility index (Phi) is 9.75. The molecular weight excluding hydrogens is 458 g/mol. The first kappa shape index (κ1) is 26.9. The Bertz CT molecular complexity index is 1080. The van der Waals surface area contributed by atoms with Crippen LogP contribution in [-0.4, -0.2) is 48.0 Å². The number of anilines is 2. The molecule has 0 saturated heterocycles. The third-order valence-corrected chi connectivity index (χ3v) is 6.80. The van der Waals surface area contributed by atoms with E-state index >= 15 is 0 Å². The number of hydrogen-bond acceptors (Lipinski definition) is 6. The Morgan fingerprint density at radius 1 is 0.649 bits per heavy atom. The van der Waals surface area contributed by atoms with Crippen LogP contribution in [-0.2, 0) is 0 Å². The van der Waals surface area contributed by atoms with Crippen LogP contribution in [0.15, 0.2) is 48.5 Å². The van der Waals surface area contributed by atoms with E-state index in [0.717, 1.165) is 74.4 Å². The molecule has 6 heteroatoms. The van der Waals surface area contributed by atoms with E-state index in [1.54, 1.807) is 0 Å². The molecule has 1 heterocycles. The van der Waals surface area contributed by atoms with Gasteiger partial charge in [0.05, 0.1) is 6.61 Å². The molecule has 1 saturated carbocycles. The summed E-state index contributed by atoms with van der Waals surface area (Å²) in [6.07, 6.45) is 6.98. The number of ether oxygens (including phenoxy) is 1. The van der Waals surface area contributed by atoms with Crippen molar-refractivity contribution in [2.45, 2.75) is 66.2 Å². The minimum atomic E-state index is 0.363. The third kappa shape index (κ3) is 7.21. The predicted molar refractivity (Wildman–Crippen MR) is 155 cm³/mol. The number of nitrogens with zero attached hydrogens (tertiary/aromatic N) is 5. The van der Waals surface area contributed by atoms with Crippen LogP contribution >= 0.6 is 0 Å². The standard InChI is InChI=1S/C31H43N5O/c1-5-19-35(20-6-2)27-15-11-25(12-16-27)29-30(33-34-31(32-29)37-23-24-9-10-24)26-13-17-28(18-14-26)36(21-7-3)22-8-4/h11-18,24H,5-10,19-23H2,1-4H3. The van der Waals surface area contributed by atoms with E-state index < -0.39 is 0 Å². The van der Waals surface area contributed by atoms with Crippen molar-refractivity contribution in [1.82, 2.24) is 15.2 Å². The monoisotopic (exact) mass is 501 g/mol. The quantitative estimate of drug-likeness (QED) is 0.219. The van der Waals surface area contributed by atoms with Gasteiger partial charge in [-0.1, -0.05) is 57.1 Å². The van der Waals surface area contributed by atoms with E-state index in [1.165, 1.54) is 24.2 Å². The summed E-state index contributed by atoms with van der Waals surface area (Å²) in [7, 11) is 0. The van der Waals surface area contributed by atoms with Gasteiger partial charge in [0.15, 0.2) is 0 Å². The lowest BCUT2D eigenvalue weighted by atomic mass is 10.0. The lowest BCUT2D eigenvalue weighted by Gasteiger charge is -2.24. The Morgan fingerprint density at radius 3 is 1.54 bits per heavy atom. The summed E-state index contributed by atoms with van der Waals surface area (Å²) in [6.45, 7) is 13.8. The first-order valence-electron chi connectivity index (χ1n) is 14.2. The molecule has 198 valence electrons. The molecule has 0 amide bonds. The highest BCUT2D eigenvalue weighted by atomic mass is 16.5. The molecule has 0 aliphatic heterocycles. The highest BCUT2D eigenvalue weighted by Gasteiger charge is 2.23. The van der Waals surface area contributed by atoms with E-state index in [4.69, 9.17) is 9.72 Å². The third-order valence-electron chi connectivity index (χ3n) is 6.80. The van der Waals surface area contributed by atoms with Crippen LogP contribution in [0.1, 0.15) is 66.2 Å². The highest BCUT2D eigenvalue weighted by molar-refractivity contribution is 5.79. The lowest BCUT2D eigenvalue weighted by Crippen LogP contribution is -2.24. The van der Waals surface area contributed by atoms with Crippen LogP contribution in [0.5, 0.6) is 6.01 Å². The van der Waals surface area contributed by atoms with Crippen molar-refractivity contribution in [3.8, 4) is 28.5 Å². The number of rotatable bonds is 15. The van der Waals surface area contributed by atoms with Crippen molar-refractivity contribution in [3.05, 3.63) is 48.5 Å². The van der Waals surface area contributed by atoms with Crippen molar-refractivity contribution >= 4 is 11.4 Å². The maximum atomic E-state index is 5.91. The Hall–Kier alpha value is -3.15. The van der Waals surface area contributed by atoms with E-state index in [0.29, 0.717) is 18.5 Å². The normalized spacial score (nSPS) is 13.0. The molecule has 37 heavy (non-hydrogen) atoms. The van der Waals surface area contributed by atoms with Gasteiger partial charge in [-0.25, -0.2) is 0 Å². The van der Waals surface area contributed by atoms with Crippen LogP contribution in [0.3, 0.4) is 0 Å². The molecule has 0 atom stereocenters. The van der Waals surface area contributed by atoms with Crippen molar-refractivity contribution in [2.24, 2.45) is 5.92 Å². The maximum Gasteiger partial charge on any atom is 0.336 e. The van der Waals surface area contributed by atoms with Gasteiger partial charge < -0.3 is 14.5 Å². The van der Waals surface area contributed by atoms with Gasteiger partial charge in [0, 0.05) is 48.7 Å². The average molecular weight is 502 g/mol. The second-order valence-electron chi connectivity index (χ2n) is 10.1. The molecular formula is C31H43N5O. The smallest absolute Gasteiger partial charge is 0.336 e. The molecule has 1 aromatic heterocycles. The number of benzene rings is 2. The highest BCUT2D eigenvalue weighted by Crippen LogP contribution is 2.33. The van der Waals surface area contributed by atoms with Crippen LogP contribution in [0.2, 0.25) is 0 Å². The number of aromatic nitrogens is 3. The fraction of sp³-hybridized carbons (Fsp3) is 0.516. The summed E-state index contributed by atoms with van der Waals surface area (Å²) < 4.78 is 5.91. The van der Waals surface area contributed by atoms with Crippen molar-refractivity contribution in [1.29, 1.82) is 0 Å². The maximum absolute atomic E-state index is 5.91. The second kappa shape index (κ2) is 13.4. The van der Waals surface area contributed by atoms with E-state index in [9.17, 15) is 0 Å². The summed E-state index contributed by atoms with van der Waals surface area (Å²) >= 11 is 0. The Morgan fingerprint density at radius 2 is 1.11 bits per heavy atom. The van der Waals surface area contributed by atoms with E-state index in [1.807, 2.05) is 0 Å². The van der Waals surface area contributed by atoms with Crippen LogP contribution in [0.25, 0.3) is 22.5 Å².